The first-order valence-corrected chi connectivity index (χ1v) is 6.08. The first-order valence-electron chi connectivity index (χ1n) is 6.08. The number of benzene rings is 1. The fourth-order valence-electron chi connectivity index (χ4n) is 1.40. The van der Waals surface area contributed by atoms with E-state index in [0.29, 0.717) is 19.1 Å². The Balaban J connectivity index is 2.29. The van der Waals surface area contributed by atoms with Crippen LogP contribution >= 0.6 is 0 Å². The van der Waals surface area contributed by atoms with Gasteiger partial charge in [0.25, 0.3) is 0 Å². The normalized spacial score (nSPS) is 12.8. The van der Waals surface area contributed by atoms with E-state index < -0.39 is 6.10 Å². The molecule has 0 aromatic heterocycles. The van der Waals surface area contributed by atoms with E-state index in [2.05, 4.69) is 13.8 Å². The fourth-order valence-corrected chi connectivity index (χ4v) is 1.40. The summed E-state index contributed by atoms with van der Waals surface area (Å²) in [5, 5.41) is 9.44. The van der Waals surface area contributed by atoms with Gasteiger partial charge in [-0.2, -0.15) is 0 Å². The summed E-state index contributed by atoms with van der Waals surface area (Å²) in [5.74, 6) is 1.32. The molecule has 0 saturated heterocycles. The molecule has 0 aliphatic rings. The predicted octanol–water partition coefficient (Wildman–Crippen LogP) is 2.79. The molecule has 17 heavy (non-hydrogen) atoms. The Labute approximate surface area is 103 Å². The summed E-state index contributed by atoms with van der Waals surface area (Å²) in [7, 11) is 0. The number of rotatable bonds is 7. The van der Waals surface area contributed by atoms with Crippen LogP contribution in [-0.2, 0) is 4.74 Å². The lowest BCUT2D eigenvalue weighted by Gasteiger charge is -2.10. The van der Waals surface area contributed by atoms with Crippen LogP contribution in [0, 0.1) is 5.92 Å². The van der Waals surface area contributed by atoms with Gasteiger partial charge < -0.3 is 14.6 Å². The first-order chi connectivity index (χ1) is 8.09. The summed E-state index contributed by atoms with van der Waals surface area (Å²) in [6.07, 6.45) is -0.462. The molecule has 0 radical (unpaired) electrons. The maximum Gasteiger partial charge on any atom is 0.119 e. The third-order valence-corrected chi connectivity index (χ3v) is 2.29. The molecule has 0 aliphatic carbocycles. The van der Waals surface area contributed by atoms with Crippen molar-refractivity contribution in [2.75, 3.05) is 19.8 Å². The molecular formula is C14H22O3. The summed E-state index contributed by atoms with van der Waals surface area (Å²) < 4.78 is 11.0. The van der Waals surface area contributed by atoms with Crippen LogP contribution in [0.25, 0.3) is 0 Å². The molecule has 1 aromatic rings. The van der Waals surface area contributed by atoms with Crippen molar-refractivity contribution in [3.05, 3.63) is 29.8 Å². The van der Waals surface area contributed by atoms with Crippen LogP contribution in [0.4, 0.5) is 0 Å². The quantitative estimate of drug-likeness (QED) is 0.742. The minimum atomic E-state index is -0.462. The van der Waals surface area contributed by atoms with E-state index in [-0.39, 0.29) is 0 Å². The van der Waals surface area contributed by atoms with Crippen molar-refractivity contribution in [3.63, 3.8) is 0 Å². The number of hydrogen-bond acceptors (Lipinski definition) is 3. The second-order valence-corrected chi connectivity index (χ2v) is 4.57. The van der Waals surface area contributed by atoms with Crippen LogP contribution < -0.4 is 4.74 Å². The molecule has 1 atom stereocenters. The molecule has 0 spiro atoms. The average molecular weight is 238 g/mol. The molecule has 0 heterocycles. The average Bonchev–Trinajstić information content (AvgIpc) is 2.28. The maximum atomic E-state index is 9.44. The van der Waals surface area contributed by atoms with E-state index in [1.165, 1.54) is 0 Å². The summed E-state index contributed by atoms with van der Waals surface area (Å²) >= 11 is 0. The van der Waals surface area contributed by atoms with Crippen molar-refractivity contribution < 1.29 is 14.6 Å². The van der Waals surface area contributed by atoms with Gasteiger partial charge >= 0.3 is 0 Å². The second kappa shape index (κ2) is 7.30. The van der Waals surface area contributed by atoms with Gasteiger partial charge in [-0.3, -0.25) is 0 Å². The van der Waals surface area contributed by atoms with Gasteiger partial charge in [0, 0.05) is 6.61 Å². The van der Waals surface area contributed by atoms with Crippen molar-refractivity contribution >= 4 is 0 Å². The smallest absolute Gasteiger partial charge is 0.119 e. The van der Waals surface area contributed by atoms with E-state index in [1.807, 2.05) is 24.3 Å². The lowest BCUT2D eigenvalue weighted by Crippen LogP contribution is -2.10. The standard InChI is InChI=1S/C14H22O3/c1-11(2)10-16-7-8-17-14-6-4-5-13(9-14)12(3)15/h4-6,9,11-12,15H,7-8,10H2,1-3H3/t12-/m1/s1. The Bertz CT molecular complexity index is 321. The molecular weight excluding hydrogens is 216 g/mol. The fraction of sp³-hybridized carbons (Fsp3) is 0.571. The Hall–Kier alpha value is -1.06. The van der Waals surface area contributed by atoms with Gasteiger partial charge in [0.05, 0.1) is 12.7 Å². The third-order valence-electron chi connectivity index (χ3n) is 2.29. The molecule has 1 N–H and O–H groups in total. The largest absolute Gasteiger partial charge is 0.491 e. The molecule has 0 amide bonds. The Morgan fingerprint density at radius 2 is 1.94 bits per heavy atom. The van der Waals surface area contributed by atoms with Crippen LogP contribution in [0.15, 0.2) is 24.3 Å². The van der Waals surface area contributed by atoms with Gasteiger partial charge in [0.15, 0.2) is 0 Å². The Morgan fingerprint density at radius 3 is 2.59 bits per heavy atom. The highest BCUT2D eigenvalue weighted by Gasteiger charge is 2.02. The molecule has 3 nitrogen and oxygen atoms in total. The van der Waals surface area contributed by atoms with Crippen molar-refractivity contribution in [3.8, 4) is 5.75 Å². The predicted molar refractivity (Wildman–Crippen MR) is 68.2 cm³/mol. The van der Waals surface area contributed by atoms with Crippen molar-refractivity contribution in [1.82, 2.24) is 0 Å². The van der Waals surface area contributed by atoms with E-state index in [4.69, 9.17) is 9.47 Å². The van der Waals surface area contributed by atoms with Gasteiger partial charge in [-0.1, -0.05) is 26.0 Å². The van der Waals surface area contributed by atoms with E-state index in [9.17, 15) is 5.11 Å². The number of ether oxygens (including phenoxy) is 2. The van der Waals surface area contributed by atoms with Gasteiger partial charge in [-0.25, -0.2) is 0 Å². The minimum absolute atomic E-state index is 0.462. The molecule has 0 aliphatic heterocycles. The van der Waals surface area contributed by atoms with Crippen molar-refractivity contribution in [2.24, 2.45) is 5.92 Å². The maximum absolute atomic E-state index is 9.44. The zero-order valence-corrected chi connectivity index (χ0v) is 10.8. The monoisotopic (exact) mass is 238 g/mol. The van der Waals surface area contributed by atoms with E-state index in [0.717, 1.165) is 17.9 Å². The van der Waals surface area contributed by atoms with Crippen molar-refractivity contribution in [2.45, 2.75) is 26.9 Å². The molecule has 0 saturated carbocycles. The zero-order chi connectivity index (χ0) is 12.7. The molecule has 96 valence electrons. The highest BCUT2D eigenvalue weighted by atomic mass is 16.5. The first kappa shape index (κ1) is 14.0. The van der Waals surface area contributed by atoms with Gasteiger partial charge in [-0.05, 0) is 30.5 Å². The highest BCUT2D eigenvalue weighted by Crippen LogP contribution is 2.18. The van der Waals surface area contributed by atoms with Gasteiger partial charge in [0.1, 0.15) is 12.4 Å². The summed E-state index contributed by atoms with van der Waals surface area (Å²) in [4.78, 5) is 0. The topological polar surface area (TPSA) is 38.7 Å². The van der Waals surface area contributed by atoms with Crippen LogP contribution in [0.5, 0.6) is 5.75 Å². The number of aliphatic hydroxyl groups is 1. The third kappa shape index (κ3) is 5.71. The molecule has 0 bridgehead atoms. The minimum Gasteiger partial charge on any atom is -0.491 e. The summed E-state index contributed by atoms with van der Waals surface area (Å²) in [5.41, 5.74) is 0.866. The molecule has 0 fully saturated rings. The van der Waals surface area contributed by atoms with Gasteiger partial charge in [0.2, 0.25) is 0 Å². The molecule has 1 rings (SSSR count). The highest BCUT2D eigenvalue weighted by molar-refractivity contribution is 5.29. The van der Waals surface area contributed by atoms with Crippen molar-refractivity contribution in [1.29, 1.82) is 0 Å². The molecule has 0 unspecified atom stereocenters. The molecule has 3 heteroatoms. The van der Waals surface area contributed by atoms with Crippen LogP contribution in [-0.4, -0.2) is 24.9 Å². The van der Waals surface area contributed by atoms with Crippen LogP contribution in [0.2, 0.25) is 0 Å². The van der Waals surface area contributed by atoms with E-state index >= 15 is 0 Å². The molecule has 1 aromatic carbocycles. The number of aliphatic hydroxyl groups excluding tert-OH is 1. The van der Waals surface area contributed by atoms with E-state index in [1.54, 1.807) is 6.92 Å². The van der Waals surface area contributed by atoms with Crippen LogP contribution in [0.3, 0.4) is 0 Å². The Kier molecular flexibility index (Phi) is 6.01. The van der Waals surface area contributed by atoms with Gasteiger partial charge in [-0.15, -0.1) is 0 Å². The SMILES string of the molecule is CC(C)COCCOc1cccc([C@@H](C)O)c1. The Morgan fingerprint density at radius 1 is 1.18 bits per heavy atom. The lowest BCUT2D eigenvalue weighted by atomic mass is 10.1. The summed E-state index contributed by atoms with van der Waals surface area (Å²) in [6, 6.07) is 7.50. The lowest BCUT2D eigenvalue weighted by molar-refractivity contribution is 0.0818. The zero-order valence-electron chi connectivity index (χ0n) is 10.8. The summed E-state index contributed by atoms with van der Waals surface area (Å²) in [6.45, 7) is 7.87. The van der Waals surface area contributed by atoms with Crippen LogP contribution in [0.1, 0.15) is 32.4 Å². The number of hydrogen-bond donors (Lipinski definition) is 1. The second-order valence-electron chi connectivity index (χ2n) is 4.57.